The number of Topliss-reactive ketones (excluding diaryl/α,β-unsaturated/α-hetero) is 1. The molecule has 4 nitrogen and oxygen atoms in total. The standard InChI is InChI=1S/C17H21F3O4/c1-11(2)9-16(3,15(22)23)10-13(21)8-12-4-6-14(7-5-12)24-17(18,19)20/h4-7,11H,8-10H2,1-3H3,(H,22,23). The molecule has 1 atom stereocenters. The molecule has 0 radical (unpaired) electrons. The van der Waals surface area contributed by atoms with Gasteiger partial charge in [-0.3, -0.25) is 9.59 Å². The van der Waals surface area contributed by atoms with E-state index in [0.29, 0.717) is 12.0 Å². The van der Waals surface area contributed by atoms with E-state index < -0.39 is 17.7 Å². The number of hydrogen-bond donors (Lipinski definition) is 1. The van der Waals surface area contributed by atoms with Gasteiger partial charge in [0, 0.05) is 12.8 Å². The highest BCUT2D eigenvalue weighted by Crippen LogP contribution is 2.31. The molecule has 0 aliphatic rings. The summed E-state index contributed by atoms with van der Waals surface area (Å²) < 4.78 is 40.0. The number of rotatable bonds is 8. The van der Waals surface area contributed by atoms with E-state index in [-0.39, 0.29) is 30.3 Å². The number of carbonyl (C=O) groups is 2. The Morgan fingerprint density at radius 1 is 1.17 bits per heavy atom. The van der Waals surface area contributed by atoms with E-state index in [1.165, 1.54) is 19.1 Å². The van der Waals surface area contributed by atoms with Gasteiger partial charge in [0.25, 0.3) is 0 Å². The van der Waals surface area contributed by atoms with Crippen molar-refractivity contribution in [1.29, 1.82) is 0 Å². The molecule has 24 heavy (non-hydrogen) atoms. The van der Waals surface area contributed by atoms with Gasteiger partial charge in [-0.1, -0.05) is 26.0 Å². The summed E-state index contributed by atoms with van der Waals surface area (Å²) in [6.45, 7) is 5.30. The van der Waals surface area contributed by atoms with E-state index in [4.69, 9.17) is 0 Å². The van der Waals surface area contributed by atoms with Crippen LogP contribution in [0.2, 0.25) is 0 Å². The Morgan fingerprint density at radius 3 is 2.12 bits per heavy atom. The van der Waals surface area contributed by atoms with Crippen molar-refractivity contribution in [2.45, 2.75) is 46.4 Å². The van der Waals surface area contributed by atoms with E-state index in [0.717, 1.165) is 12.1 Å². The molecule has 0 saturated carbocycles. The summed E-state index contributed by atoms with van der Waals surface area (Å²) in [7, 11) is 0. The van der Waals surface area contributed by atoms with Crippen molar-refractivity contribution in [1.82, 2.24) is 0 Å². The number of ketones is 1. The van der Waals surface area contributed by atoms with Crippen molar-refractivity contribution in [3.05, 3.63) is 29.8 Å². The number of carboxylic acid groups (broad SMARTS) is 1. The lowest BCUT2D eigenvalue weighted by Crippen LogP contribution is -2.32. The second-order valence-corrected chi connectivity index (χ2v) is 6.55. The molecule has 0 aliphatic heterocycles. The van der Waals surface area contributed by atoms with Gasteiger partial charge in [-0.15, -0.1) is 13.2 Å². The Morgan fingerprint density at radius 2 is 1.71 bits per heavy atom. The van der Waals surface area contributed by atoms with Crippen molar-refractivity contribution in [2.24, 2.45) is 11.3 Å². The first-order chi connectivity index (χ1) is 10.9. The molecule has 0 spiro atoms. The highest BCUT2D eigenvalue weighted by molar-refractivity contribution is 5.87. The zero-order valence-corrected chi connectivity index (χ0v) is 13.8. The molecule has 1 rings (SSSR count). The first-order valence-corrected chi connectivity index (χ1v) is 7.51. The van der Waals surface area contributed by atoms with Crippen LogP contribution < -0.4 is 4.74 Å². The van der Waals surface area contributed by atoms with E-state index in [2.05, 4.69) is 4.74 Å². The predicted molar refractivity (Wildman–Crippen MR) is 81.7 cm³/mol. The van der Waals surface area contributed by atoms with Crippen LogP contribution in [-0.4, -0.2) is 23.2 Å². The van der Waals surface area contributed by atoms with Gasteiger partial charge in [0.2, 0.25) is 0 Å². The number of carbonyl (C=O) groups excluding carboxylic acids is 1. The number of benzene rings is 1. The number of ether oxygens (including phenoxy) is 1. The summed E-state index contributed by atoms with van der Waals surface area (Å²) >= 11 is 0. The molecule has 1 N–H and O–H groups in total. The Balaban J connectivity index is 2.72. The van der Waals surface area contributed by atoms with Crippen LogP contribution >= 0.6 is 0 Å². The minimum atomic E-state index is -4.77. The molecule has 134 valence electrons. The van der Waals surface area contributed by atoms with Gasteiger partial charge in [0.05, 0.1) is 5.41 Å². The molecule has 0 aliphatic carbocycles. The second-order valence-electron chi connectivity index (χ2n) is 6.55. The van der Waals surface area contributed by atoms with Gasteiger partial charge >= 0.3 is 12.3 Å². The molecule has 1 unspecified atom stereocenters. The molecular formula is C17H21F3O4. The van der Waals surface area contributed by atoms with Crippen molar-refractivity contribution in [2.75, 3.05) is 0 Å². The maximum absolute atomic E-state index is 12.2. The molecule has 0 saturated heterocycles. The SMILES string of the molecule is CC(C)CC(C)(CC(=O)Cc1ccc(OC(F)(F)F)cc1)C(=O)O. The maximum atomic E-state index is 12.2. The van der Waals surface area contributed by atoms with Gasteiger partial charge in [-0.25, -0.2) is 0 Å². The molecule has 1 aromatic rings. The van der Waals surface area contributed by atoms with Gasteiger partial charge in [0.1, 0.15) is 11.5 Å². The third-order valence-corrected chi connectivity index (χ3v) is 3.52. The van der Waals surface area contributed by atoms with Gasteiger partial charge in [0.15, 0.2) is 0 Å². The number of alkyl halides is 3. The summed E-state index contributed by atoms with van der Waals surface area (Å²) in [6.07, 6.45) is -4.56. The third-order valence-electron chi connectivity index (χ3n) is 3.52. The summed E-state index contributed by atoms with van der Waals surface area (Å²) in [5.41, 5.74) is -0.642. The second kappa shape index (κ2) is 7.68. The number of hydrogen-bond acceptors (Lipinski definition) is 3. The lowest BCUT2D eigenvalue weighted by atomic mass is 9.77. The minimum Gasteiger partial charge on any atom is -0.481 e. The third kappa shape index (κ3) is 6.60. The van der Waals surface area contributed by atoms with E-state index >= 15 is 0 Å². The Bertz CT molecular complexity index is 578. The Labute approximate surface area is 138 Å². The number of carboxylic acids is 1. The summed E-state index contributed by atoms with van der Waals surface area (Å²) in [4.78, 5) is 23.6. The van der Waals surface area contributed by atoms with Crippen LogP contribution in [-0.2, 0) is 16.0 Å². The van der Waals surface area contributed by atoms with E-state index in [1.54, 1.807) is 0 Å². The summed E-state index contributed by atoms with van der Waals surface area (Å²) in [5.74, 6) is -1.55. The van der Waals surface area contributed by atoms with Crippen LogP contribution in [0.3, 0.4) is 0 Å². The van der Waals surface area contributed by atoms with Crippen molar-refractivity contribution < 1.29 is 32.6 Å². The molecule has 1 aromatic carbocycles. The molecule has 0 amide bonds. The highest BCUT2D eigenvalue weighted by atomic mass is 19.4. The van der Waals surface area contributed by atoms with E-state index in [1.807, 2.05) is 13.8 Å². The van der Waals surface area contributed by atoms with Crippen LogP contribution in [0.15, 0.2) is 24.3 Å². The lowest BCUT2D eigenvalue weighted by molar-refractivity contribution is -0.274. The average molecular weight is 346 g/mol. The van der Waals surface area contributed by atoms with Gasteiger partial charge in [-0.2, -0.15) is 0 Å². The van der Waals surface area contributed by atoms with Crippen LogP contribution in [0, 0.1) is 11.3 Å². The summed E-state index contributed by atoms with van der Waals surface area (Å²) in [5, 5.41) is 9.37. The molecule has 0 fully saturated rings. The topological polar surface area (TPSA) is 63.6 Å². The maximum Gasteiger partial charge on any atom is 0.573 e. The molecule has 0 heterocycles. The quantitative estimate of drug-likeness (QED) is 0.765. The Kier molecular flexibility index (Phi) is 6.40. The predicted octanol–water partition coefficient (Wildman–Crippen LogP) is 4.22. The Hall–Kier alpha value is -2.05. The zero-order valence-electron chi connectivity index (χ0n) is 13.8. The zero-order chi connectivity index (χ0) is 18.5. The molecule has 0 aromatic heterocycles. The fourth-order valence-electron chi connectivity index (χ4n) is 2.67. The van der Waals surface area contributed by atoms with Crippen molar-refractivity contribution in [3.8, 4) is 5.75 Å². The first kappa shape index (κ1) is 20.0. The first-order valence-electron chi connectivity index (χ1n) is 7.51. The minimum absolute atomic E-state index is 0.0345. The smallest absolute Gasteiger partial charge is 0.481 e. The fourth-order valence-corrected chi connectivity index (χ4v) is 2.67. The van der Waals surface area contributed by atoms with Crippen LogP contribution in [0.1, 0.15) is 39.2 Å². The molecule has 0 bridgehead atoms. The normalized spacial score (nSPS) is 14.3. The number of halogens is 3. The van der Waals surface area contributed by atoms with Crippen molar-refractivity contribution >= 4 is 11.8 Å². The fraction of sp³-hybridized carbons (Fsp3) is 0.529. The number of aliphatic carboxylic acids is 1. The molecular weight excluding hydrogens is 325 g/mol. The lowest BCUT2D eigenvalue weighted by Gasteiger charge is -2.26. The van der Waals surface area contributed by atoms with Crippen molar-refractivity contribution in [3.63, 3.8) is 0 Å². The van der Waals surface area contributed by atoms with Gasteiger partial charge in [-0.05, 0) is 37.0 Å². The van der Waals surface area contributed by atoms with Crippen LogP contribution in [0.4, 0.5) is 13.2 Å². The molecule has 7 heteroatoms. The summed E-state index contributed by atoms with van der Waals surface area (Å²) in [6, 6.07) is 4.97. The highest BCUT2D eigenvalue weighted by Gasteiger charge is 2.36. The van der Waals surface area contributed by atoms with Crippen LogP contribution in [0.5, 0.6) is 5.75 Å². The average Bonchev–Trinajstić information content (AvgIpc) is 2.38. The van der Waals surface area contributed by atoms with Crippen LogP contribution in [0.25, 0.3) is 0 Å². The largest absolute Gasteiger partial charge is 0.573 e. The van der Waals surface area contributed by atoms with E-state index in [9.17, 15) is 27.9 Å². The monoisotopic (exact) mass is 346 g/mol. The van der Waals surface area contributed by atoms with Gasteiger partial charge < -0.3 is 9.84 Å².